The zero-order chi connectivity index (χ0) is 27.1. The maximum absolute atomic E-state index is 15.6. The van der Waals surface area contributed by atoms with E-state index in [1.807, 2.05) is 4.57 Å². The summed E-state index contributed by atoms with van der Waals surface area (Å²) in [6, 6.07) is 5.19. The van der Waals surface area contributed by atoms with Gasteiger partial charge in [-0.1, -0.05) is 34.6 Å². The number of hydrogen-bond acceptors (Lipinski definition) is 4. The van der Waals surface area contributed by atoms with Crippen LogP contribution in [0.5, 0.6) is 0 Å². The van der Waals surface area contributed by atoms with Gasteiger partial charge in [0.25, 0.3) is 0 Å². The van der Waals surface area contributed by atoms with Crippen molar-refractivity contribution in [1.82, 2.24) is 4.57 Å². The molecule has 3 aromatic rings. The third-order valence-electron chi connectivity index (χ3n) is 8.60. The molecule has 0 radical (unpaired) electrons. The molecule has 1 fully saturated rings. The van der Waals surface area contributed by atoms with E-state index in [1.54, 1.807) is 17.4 Å². The van der Waals surface area contributed by atoms with Crippen molar-refractivity contribution in [1.29, 1.82) is 0 Å². The van der Waals surface area contributed by atoms with Crippen LogP contribution < -0.4 is 5.43 Å². The SMILES string of the molecule is CC1(C)CCc2cc(-c3cc4c(cc3F)c(=O)c(C(=O)O)cn4C3CC3)sc2C1O[Si](C)(C)C(C)(C)C. The molecular formula is C29H36FNO4SSi. The van der Waals surface area contributed by atoms with Gasteiger partial charge >= 0.3 is 5.97 Å². The van der Waals surface area contributed by atoms with Crippen molar-refractivity contribution in [2.45, 2.75) is 90.6 Å². The third-order valence-corrected chi connectivity index (χ3v) is 14.3. The molecule has 1 atom stereocenters. The number of halogens is 1. The van der Waals surface area contributed by atoms with Crippen LogP contribution >= 0.6 is 11.3 Å². The largest absolute Gasteiger partial charge is 0.477 e. The van der Waals surface area contributed by atoms with Gasteiger partial charge in [-0.3, -0.25) is 4.79 Å². The molecule has 5 rings (SSSR count). The first kappa shape index (κ1) is 26.3. The van der Waals surface area contributed by atoms with Crippen molar-refractivity contribution < 1.29 is 18.7 Å². The Kier molecular flexibility index (Phi) is 6.13. The Morgan fingerprint density at radius 2 is 1.89 bits per heavy atom. The summed E-state index contributed by atoms with van der Waals surface area (Å²) in [4.78, 5) is 26.6. The summed E-state index contributed by atoms with van der Waals surface area (Å²) in [5.74, 6) is -1.79. The molecule has 198 valence electrons. The van der Waals surface area contributed by atoms with Crippen LogP contribution in [0.4, 0.5) is 4.39 Å². The Hall–Kier alpha value is -2.29. The van der Waals surface area contributed by atoms with Crippen molar-refractivity contribution >= 4 is 36.5 Å². The monoisotopic (exact) mass is 541 g/mol. The van der Waals surface area contributed by atoms with Gasteiger partial charge in [-0.15, -0.1) is 11.3 Å². The number of fused-ring (bicyclic) bond motifs is 2. The summed E-state index contributed by atoms with van der Waals surface area (Å²) in [5, 5.41) is 9.73. The highest BCUT2D eigenvalue weighted by molar-refractivity contribution is 7.15. The molecule has 1 aromatic carbocycles. The van der Waals surface area contributed by atoms with Crippen LogP contribution in [0.25, 0.3) is 21.3 Å². The average Bonchev–Trinajstić information content (AvgIpc) is 3.53. The summed E-state index contributed by atoms with van der Waals surface area (Å²) >= 11 is 1.59. The summed E-state index contributed by atoms with van der Waals surface area (Å²) in [6.07, 6.45) is 5.12. The molecule has 37 heavy (non-hydrogen) atoms. The van der Waals surface area contributed by atoms with Gasteiger partial charge in [0.1, 0.15) is 11.4 Å². The van der Waals surface area contributed by atoms with E-state index >= 15 is 4.39 Å². The van der Waals surface area contributed by atoms with Crippen LogP contribution in [-0.2, 0) is 10.8 Å². The number of aryl methyl sites for hydroxylation is 1. The van der Waals surface area contributed by atoms with Crippen LogP contribution in [-0.4, -0.2) is 24.0 Å². The van der Waals surface area contributed by atoms with E-state index in [0.717, 1.165) is 30.6 Å². The number of carboxylic acid groups (broad SMARTS) is 1. The van der Waals surface area contributed by atoms with Crippen LogP contribution in [0.2, 0.25) is 18.1 Å². The molecule has 2 aliphatic rings. The first-order valence-electron chi connectivity index (χ1n) is 13.0. The van der Waals surface area contributed by atoms with E-state index in [9.17, 15) is 14.7 Å². The molecule has 0 aliphatic heterocycles. The second-order valence-electron chi connectivity index (χ2n) is 12.9. The third kappa shape index (κ3) is 4.51. The number of aromatic nitrogens is 1. The summed E-state index contributed by atoms with van der Waals surface area (Å²) in [7, 11) is -2.05. The molecule has 0 saturated heterocycles. The zero-order valence-electron chi connectivity index (χ0n) is 22.7. The van der Waals surface area contributed by atoms with Crippen molar-refractivity contribution in [3.63, 3.8) is 0 Å². The van der Waals surface area contributed by atoms with Gasteiger partial charge in [-0.25, -0.2) is 9.18 Å². The topological polar surface area (TPSA) is 68.5 Å². The molecule has 8 heteroatoms. The van der Waals surface area contributed by atoms with E-state index in [4.69, 9.17) is 4.43 Å². The highest BCUT2D eigenvalue weighted by Crippen LogP contribution is 2.53. The number of nitrogens with zero attached hydrogens (tertiary/aromatic N) is 1. The Morgan fingerprint density at radius 3 is 2.49 bits per heavy atom. The number of rotatable bonds is 5. The van der Waals surface area contributed by atoms with Gasteiger partial charge in [0.2, 0.25) is 5.43 Å². The first-order chi connectivity index (χ1) is 17.1. The van der Waals surface area contributed by atoms with Gasteiger partial charge in [0.05, 0.1) is 11.6 Å². The molecule has 1 N–H and O–H groups in total. The fourth-order valence-corrected chi connectivity index (χ4v) is 7.92. The lowest BCUT2D eigenvalue weighted by atomic mass is 9.75. The van der Waals surface area contributed by atoms with Crippen LogP contribution in [0.3, 0.4) is 0 Å². The van der Waals surface area contributed by atoms with E-state index in [-0.39, 0.29) is 33.5 Å². The Labute approximate surface area is 222 Å². The predicted molar refractivity (Wildman–Crippen MR) is 150 cm³/mol. The second-order valence-corrected chi connectivity index (χ2v) is 18.8. The van der Waals surface area contributed by atoms with E-state index in [1.165, 1.54) is 22.7 Å². The van der Waals surface area contributed by atoms with E-state index < -0.39 is 25.5 Å². The number of thiophene rings is 1. The van der Waals surface area contributed by atoms with E-state index in [2.05, 4.69) is 53.8 Å². The number of pyridine rings is 1. The second kappa shape index (κ2) is 8.61. The minimum absolute atomic E-state index is 0.0355. The number of hydrogen-bond donors (Lipinski definition) is 1. The quantitative estimate of drug-likeness (QED) is 0.333. The summed E-state index contributed by atoms with van der Waals surface area (Å²) in [5.41, 5.74) is 1.27. The van der Waals surface area contributed by atoms with Crippen molar-refractivity contribution in [3.8, 4) is 10.4 Å². The molecule has 5 nitrogen and oxygen atoms in total. The minimum Gasteiger partial charge on any atom is -0.477 e. The molecular weight excluding hydrogens is 505 g/mol. The average molecular weight is 542 g/mol. The minimum atomic E-state index is -2.05. The maximum atomic E-state index is 15.6. The van der Waals surface area contributed by atoms with E-state index in [0.29, 0.717) is 11.1 Å². The van der Waals surface area contributed by atoms with Crippen LogP contribution in [0.1, 0.15) is 86.8 Å². The lowest BCUT2D eigenvalue weighted by molar-refractivity contribution is 0.0472. The predicted octanol–water partition coefficient (Wildman–Crippen LogP) is 7.94. The molecule has 2 aromatic heterocycles. The van der Waals surface area contributed by atoms with Crippen LogP contribution in [0, 0.1) is 11.2 Å². The summed E-state index contributed by atoms with van der Waals surface area (Å²) in [6.45, 7) is 15.8. The van der Waals surface area contributed by atoms with Crippen LogP contribution in [0.15, 0.2) is 29.2 Å². The first-order valence-corrected chi connectivity index (χ1v) is 16.8. The lowest BCUT2D eigenvalue weighted by Gasteiger charge is -2.46. The molecule has 0 spiro atoms. The number of carboxylic acids is 1. The number of carbonyl (C=O) groups is 1. The van der Waals surface area contributed by atoms with Gasteiger partial charge in [-0.05, 0) is 73.0 Å². The van der Waals surface area contributed by atoms with Gasteiger partial charge in [0, 0.05) is 32.9 Å². The Morgan fingerprint density at radius 1 is 1.22 bits per heavy atom. The highest BCUT2D eigenvalue weighted by Gasteiger charge is 2.46. The van der Waals surface area contributed by atoms with Crippen molar-refractivity contribution in [3.05, 3.63) is 56.4 Å². The maximum Gasteiger partial charge on any atom is 0.341 e. The van der Waals surface area contributed by atoms with Gasteiger partial charge in [0.15, 0.2) is 8.32 Å². The Balaban J connectivity index is 1.64. The van der Waals surface area contributed by atoms with Crippen molar-refractivity contribution in [2.24, 2.45) is 5.41 Å². The normalized spacial score (nSPS) is 19.7. The Bertz CT molecular complexity index is 1480. The highest BCUT2D eigenvalue weighted by atomic mass is 32.1. The summed E-state index contributed by atoms with van der Waals surface area (Å²) < 4.78 is 24.4. The number of aromatic carboxylic acids is 1. The molecule has 1 saturated carbocycles. The van der Waals surface area contributed by atoms with Gasteiger partial charge < -0.3 is 14.1 Å². The standard InChI is InChI=1S/C29H36FNO4SSi/c1-28(2,3)37(6,7)35-26-25-16(10-11-29(26,4)5)12-23(36-25)18-14-22-19(13-21(18)30)24(32)20(27(33)34)15-31(22)17-8-9-17/h12-15,17,26H,8-11H2,1-7H3,(H,33,34). The molecule has 1 unspecified atom stereocenters. The van der Waals surface area contributed by atoms with Gasteiger partial charge in [-0.2, -0.15) is 0 Å². The fourth-order valence-electron chi connectivity index (χ4n) is 4.99. The molecule has 2 heterocycles. The fraction of sp³-hybridized carbons (Fsp3) is 0.517. The lowest BCUT2D eigenvalue weighted by Crippen LogP contribution is -2.45. The van der Waals surface area contributed by atoms with Crippen molar-refractivity contribution in [2.75, 3.05) is 0 Å². The smallest absolute Gasteiger partial charge is 0.341 e. The number of benzene rings is 1. The zero-order valence-corrected chi connectivity index (χ0v) is 24.5. The molecule has 0 bridgehead atoms. The molecule has 2 aliphatic carbocycles. The molecule has 0 amide bonds.